The number of urea groups is 1. The van der Waals surface area contributed by atoms with Gasteiger partial charge in [0.2, 0.25) is 5.91 Å². The number of amides is 3. The lowest BCUT2D eigenvalue weighted by Gasteiger charge is -2.33. The van der Waals surface area contributed by atoms with Crippen molar-refractivity contribution in [3.63, 3.8) is 0 Å². The average molecular weight is 338 g/mol. The Balaban J connectivity index is 1.48. The van der Waals surface area contributed by atoms with E-state index < -0.39 is 0 Å². The van der Waals surface area contributed by atoms with Gasteiger partial charge in [0.25, 0.3) is 0 Å². The molecule has 2 heterocycles. The largest absolute Gasteiger partial charge is 0.370 e. The van der Waals surface area contributed by atoms with Gasteiger partial charge in [-0.2, -0.15) is 0 Å². The Morgan fingerprint density at radius 1 is 1.21 bits per heavy atom. The lowest BCUT2D eigenvalue weighted by molar-refractivity contribution is -0.127. The molecule has 136 valence electrons. The predicted molar refractivity (Wildman–Crippen MR) is 90.7 cm³/mol. The van der Waals surface area contributed by atoms with Crippen LogP contribution in [0.2, 0.25) is 0 Å². The van der Waals surface area contributed by atoms with E-state index in [4.69, 9.17) is 4.74 Å². The van der Waals surface area contributed by atoms with Crippen molar-refractivity contribution in [3.05, 3.63) is 0 Å². The highest BCUT2D eigenvalue weighted by Crippen LogP contribution is 2.32. The molecular formula is C17H30N4O3. The smallest absolute Gasteiger partial charge is 0.317 e. The van der Waals surface area contributed by atoms with Crippen molar-refractivity contribution in [1.82, 2.24) is 20.4 Å². The van der Waals surface area contributed by atoms with Crippen molar-refractivity contribution >= 4 is 11.9 Å². The molecule has 0 unspecified atom stereocenters. The summed E-state index contributed by atoms with van der Waals surface area (Å²) in [5.41, 5.74) is 0. The zero-order valence-electron chi connectivity index (χ0n) is 14.8. The quantitative estimate of drug-likeness (QED) is 0.761. The van der Waals surface area contributed by atoms with Crippen LogP contribution in [0.3, 0.4) is 0 Å². The van der Waals surface area contributed by atoms with Gasteiger partial charge in [0.1, 0.15) is 0 Å². The van der Waals surface area contributed by atoms with Gasteiger partial charge in [0, 0.05) is 32.2 Å². The first kappa shape index (κ1) is 17.5. The summed E-state index contributed by atoms with van der Waals surface area (Å²) in [5.74, 6) is -0.0798. The molecule has 3 atom stereocenters. The highest BCUT2D eigenvalue weighted by atomic mass is 16.5. The van der Waals surface area contributed by atoms with Crippen LogP contribution in [0, 0.1) is 5.92 Å². The van der Waals surface area contributed by atoms with Crippen LogP contribution in [-0.4, -0.2) is 80.3 Å². The molecule has 7 nitrogen and oxygen atoms in total. The normalized spacial score (nSPS) is 30.0. The first-order valence-corrected chi connectivity index (χ1v) is 9.16. The zero-order chi connectivity index (χ0) is 17.1. The molecule has 0 radical (unpaired) electrons. The molecular weight excluding hydrogens is 308 g/mol. The molecule has 24 heavy (non-hydrogen) atoms. The maximum absolute atomic E-state index is 12.4. The van der Waals surface area contributed by atoms with Crippen LogP contribution in [0.4, 0.5) is 4.79 Å². The van der Waals surface area contributed by atoms with Crippen LogP contribution in [-0.2, 0) is 9.53 Å². The molecule has 3 fully saturated rings. The highest BCUT2D eigenvalue weighted by Gasteiger charge is 2.45. The Hall–Kier alpha value is -1.34. The highest BCUT2D eigenvalue weighted by molar-refractivity contribution is 5.80. The lowest BCUT2D eigenvalue weighted by Crippen LogP contribution is -2.52. The second-order valence-corrected chi connectivity index (χ2v) is 7.57. The minimum atomic E-state index is -0.169. The van der Waals surface area contributed by atoms with Gasteiger partial charge in [-0.1, -0.05) is 12.8 Å². The predicted octanol–water partition coefficient (Wildman–Crippen LogP) is 0.406. The summed E-state index contributed by atoms with van der Waals surface area (Å²) in [6.07, 6.45) is 5.11. The third-order valence-electron chi connectivity index (χ3n) is 5.32. The van der Waals surface area contributed by atoms with E-state index in [2.05, 4.69) is 10.6 Å². The molecule has 3 amide bonds. The van der Waals surface area contributed by atoms with Crippen molar-refractivity contribution in [2.75, 3.05) is 40.3 Å². The van der Waals surface area contributed by atoms with Gasteiger partial charge in [-0.25, -0.2) is 4.79 Å². The third kappa shape index (κ3) is 4.19. The number of hydrogen-bond donors (Lipinski definition) is 2. The fourth-order valence-electron chi connectivity index (χ4n) is 3.97. The number of nitrogens with zero attached hydrogens (tertiary/aromatic N) is 2. The first-order chi connectivity index (χ1) is 11.5. The Labute approximate surface area is 144 Å². The van der Waals surface area contributed by atoms with Gasteiger partial charge in [-0.3, -0.25) is 4.79 Å². The molecule has 2 saturated heterocycles. The molecule has 2 aliphatic heterocycles. The number of carbonyl (C=O) groups excluding carboxylic acids is 2. The summed E-state index contributed by atoms with van der Waals surface area (Å²) >= 11 is 0. The van der Waals surface area contributed by atoms with Gasteiger partial charge in [0.05, 0.1) is 18.1 Å². The van der Waals surface area contributed by atoms with Gasteiger partial charge >= 0.3 is 6.03 Å². The Bertz CT molecular complexity index is 465. The Kier molecular flexibility index (Phi) is 5.61. The second-order valence-electron chi connectivity index (χ2n) is 7.57. The summed E-state index contributed by atoms with van der Waals surface area (Å²) in [4.78, 5) is 28.7. The number of likely N-dealkylation sites (tertiary alicyclic amines) is 1. The van der Waals surface area contributed by atoms with E-state index in [1.54, 1.807) is 0 Å². The van der Waals surface area contributed by atoms with Crippen molar-refractivity contribution < 1.29 is 14.3 Å². The number of morpholine rings is 1. The molecule has 0 spiro atoms. The lowest BCUT2D eigenvalue weighted by atomic mass is 9.99. The zero-order valence-corrected chi connectivity index (χ0v) is 14.8. The number of nitrogens with one attached hydrogen (secondary N) is 2. The Morgan fingerprint density at radius 3 is 2.67 bits per heavy atom. The van der Waals surface area contributed by atoms with E-state index in [1.165, 1.54) is 12.8 Å². The molecule has 3 aliphatic rings. The van der Waals surface area contributed by atoms with E-state index in [0.717, 1.165) is 19.4 Å². The number of ether oxygens (including phenoxy) is 1. The summed E-state index contributed by atoms with van der Waals surface area (Å²) < 4.78 is 5.92. The number of rotatable bonds is 5. The number of likely N-dealkylation sites (N-methyl/N-ethyl adjacent to an activating group) is 1. The molecule has 7 heteroatoms. The van der Waals surface area contributed by atoms with Crippen molar-refractivity contribution in [2.45, 2.75) is 50.4 Å². The maximum atomic E-state index is 12.4. The van der Waals surface area contributed by atoms with E-state index in [9.17, 15) is 9.59 Å². The molecule has 0 aromatic heterocycles. The van der Waals surface area contributed by atoms with Crippen LogP contribution in [0.15, 0.2) is 0 Å². The molecule has 2 N–H and O–H groups in total. The second kappa shape index (κ2) is 7.70. The fourth-order valence-corrected chi connectivity index (χ4v) is 3.97. The van der Waals surface area contributed by atoms with Gasteiger partial charge in [-0.05, 0) is 33.4 Å². The fraction of sp³-hybridized carbons (Fsp3) is 0.882. The summed E-state index contributed by atoms with van der Waals surface area (Å²) in [7, 11) is 3.97. The molecule has 1 aliphatic carbocycles. The monoisotopic (exact) mass is 338 g/mol. The average Bonchev–Trinajstić information content (AvgIpc) is 3.14. The van der Waals surface area contributed by atoms with E-state index in [-0.39, 0.29) is 30.1 Å². The first-order valence-electron chi connectivity index (χ1n) is 9.16. The molecule has 0 aromatic carbocycles. The van der Waals surface area contributed by atoms with Crippen molar-refractivity contribution in [2.24, 2.45) is 5.92 Å². The molecule has 0 aromatic rings. The molecule has 1 saturated carbocycles. The summed E-state index contributed by atoms with van der Waals surface area (Å²) in [5, 5.41) is 6.13. The van der Waals surface area contributed by atoms with E-state index in [1.807, 2.05) is 23.9 Å². The summed E-state index contributed by atoms with van der Waals surface area (Å²) in [6, 6.07) is 0.331. The third-order valence-corrected chi connectivity index (χ3v) is 5.32. The topological polar surface area (TPSA) is 73.9 Å². The van der Waals surface area contributed by atoms with Gasteiger partial charge in [-0.15, -0.1) is 0 Å². The van der Waals surface area contributed by atoms with Gasteiger partial charge in [0.15, 0.2) is 0 Å². The van der Waals surface area contributed by atoms with Gasteiger partial charge < -0.3 is 25.2 Å². The van der Waals surface area contributed by atoms with E-state index >= 15 is 0 Å². The standard InChI is InChI=1S/C17H30N4O3/c1-20(2)8-7-18-16(22)14-9-13-10-21(11-15(14)24-13)17(23)19-12-5-3-4-6-12/h12-15H,3-11H2,1-2H3,(H,18,22)(H,19,23)/t13-,14-,15-/m0/s1. The molecule has 2 bridgehead atoms. The SMILES string of the molecule is CN(C)CCNC(=O)[C@H]1C[C@H]2CN(C(=O)NC3CCCC3)C[C@@H]1O2. The van der Waals surface area contributed by atoms with Crippen molar-refractivity contribution in [1.29, 1.82) is 0 Å². The molecule has 3 rings (SSSR count). The van der Waals surface area contributed by atoms with Crippen LogP contribution < -0.4 is 10.6 Å². The maximum Gasteiger partial charge on any atom is 0.317 e. The van der Waals surface area contributed by atoms with Crippen LogP contribution in [0.25, 0.3) is 0 Å². The minimum absolute atomic E-state index is 0.00821. The minimum Gasteiger partial charge on any atom is -0.370 e. The van der Waals surface area contributed by atoms with Crippen LogP contribution in [0.5, 0.6) is 0 Å². The number of hydrogen-bond acceptors (Lipinski definition) is 4. The Morgan fingerprint density at radius 2 is 1.96 bits per heavy atom. The van der Waals surface area contributed by atoms with E-state index in [0.29, 0.717) is 32.1 Å². The number of carbonyl (C=O) groups is 2. The number of fused-ring (bicyclic) bond motifs is 2. The van der Waals surface area contributed by atoms with Crippen LogP contribution >= 0.6 is 0 Å². The van der Waals surface area contributed by atoms with Crippen molar-refractivity contribution in [3.8, 4) is 0 Å². The van der Waals surface area contributed by atoms with Crippen LogP contribution in [0.1, 0.15) is 32.1 Å². The summed E-state index contributed by atoms with van der Waals surface area (Å²) in [6.45, 7) is 2.58.